The van der Waals surface area contributed by atoms with E-state index in [1.807, 2.05) is 0 Å². The average molecular weight is 359 g/mol. The zero-order valence-electron chi connectivity index (χ0n) is 14.9. The topological polar surface area (TPSA) is 73.2 Å². The average Bonchev–Trinajstić information content (AvgIpc) is 2.97. The SMILES string of the molecule is CC[C@@H]1CCc2c(sc(NC(=O)C3CCN(C(C)=O)CC3)c2C#N)C1. The first-order valence-electron chi connectivity index (χ1n) is 9.14. The Hall–Kier alpha value is -1.87. The van der Waals surface area contributed by atoms with Gasteiger partial charge in [0.1, 0.15) is 11.1 Å². The van der Waals surface area contributed by atoms with Crippen LogP contribution in [0.15, 0.2) is 0 Å². The fourth-order valence-electron chi connectivity index (χ4n) is 3.88. The molecule has 0 radical (unpaired) electrons. The highest BCUT2D eigenvalue weighted by Crippen LogP contribution is 2.40. The number of anilines is 1. The summed E-state index contributed by atoms with van der Waals surface area (Å²) >= 11 is 1.58. The number of hydrogen-bond acceptors (Lipinski definition) is 4. The maximum atomic E-state index is 12.6. The Bertz CT molecular complexity index is 711. The van der Waals surface area contributed by atoms with Crippen LogP contribution in [0.3, 0.4) is 0 Å². The van der Waals surface area contributed by atoms with Crippen LogP contribution < -0.4 is 5.32 Å². The van der Waals surface area contributed by atoms with E-state index in [9.17, 15) is 14.9 Å². The Balaban J connectivity index is 1.69. The van der Waals surface area contributed by atoms with Gasteiger partial charge in [-0.25, -0.2) is 0 Å². The number of rotatable bonds is 3. The molecule has 1 N–H and O–H groups in total. The molecule has 0 aromatic carbocycles. The molecule has 5 nitrogen and oxygen atoms in total. The van der Waals surface area contributed by atoms with E-state index < -0.39 is 0 Å². The van der Waals surface area contributed by atoms with Crippen LogP contribution in [0, 0.1) is 23.2 Å². The van der Waals surface area contributed by atoms with Gasteiger partial charge in [0.05, 0.1) is 5.56 Å². The monoisotopic (exact) mass is 359 g/mol. The van der Waals surface area contributed by atoms with E-state index in [-0.39, 0.29) is 17.7 Å². The minimum Gasteiger partial charge on any atom is -0.343 e. The van der Waals surface area contributed by atoms with E-state index in [4.69, 9.17) is 0 Å². The summed E-state index contributed by atoms with van der Waals surface area (Å²) in [5.74, 6) is 0.675. The summed E-state index contributed by atoms with van der Waals surface area (Å²) in [5.41, 5.74) is 1.82. The van der Waals surface area contributed by atoms with Crippen LogP contribution in [0.2, 0.25) is 0 Å². The minimum absolute atomic E-state index is 0.00894. The van der Waals surface area contributed by atoms with Crippen molar-refractivity contribution >= 4 is 28.2 Å². The van der Waals surface area contributed by atoms with Gasteiger partial charge in [-0.3, -0.25) is 9.59 Å². The standard InChI is InChI=1S/C19H25N3O2S/c1-3-13-4-5-15-16(11-20)19(25-17(15)10-13)21-18(24)14-6-8-22(9-7-14)12(2)23/h13-14H,3-10H2,1-2H3,(H,21,24)/t13-/m1/s1. The highest BCUT2D eigenvalue weighted by molar-refractivity contribution is 7.16. The fourth-order valence-corrected chi connectivity index (χ4v) is 5.19. The molecule has 1 atom stereocenters. The van der Waals surface area contributed by atoms with Crippen LogP contribution in [-0.2, 0) is 22.4 Å². The molecule has 2 aliphatic rings. The largest absolute Gasteiger partial charge is 0.343 e. The number of carbonyl (C=O) groups is 2. The number of fused-ring (bicyclic) bond motifs is 1. The number of piperidine rings is 1. The maximum Gasteiger partial charge on any atom is 0.228 e. The number of carbonyl (C=O) groups excluding carboxylic acids is 2. The Morgan fingerprint density at radius 1 is 1.32 bits per heavy atom. The summed E-state index contributed by atoms with van der Waals surface area (Å²) in [6.45, 7) is 5.05. The summed E-state index contributed by atoms with van der Waals surface area (Å²) in [5, 5.41) is 13.3. The third-order valence-corrected chi connectivity index (χ3v) is 6.77. The number of hydrogen-bond donors (Lipinski definition) is 1. The minimum atomic E-state index is -0.0790. The van der Waals surface area contributed by atoms with Gasteiger partial charge in [-0.15, -0.1) is 11.3 Å². The predicted octanol–water partition coefficient (Wildman–Crippen LogP) is 3.33. The molecule has 1 fully saturated rings. The first-order chi connectivity index (χ1) is 12.0. The zero-order valence-corrected chi connectivity index (χ0v) is 15.7. The van der Waals surface area contributed by atoms with E-state index in [0.717, 1.165) is 36.2 Å². The second-order valence-corrected chi connectivity index (χ2v) is 8.21. The van der Waals surface area contributed by atoms with Crippen molar-refractivity contribution in [1.29, 1.82) is 5.26 Å². The lowest BCUT2D eigenvalue weighted by molar-refractivity contribution is -0.132. The molecule has 2 heterocycles. The second kappa shape index (κ2) is 7.57. The quantitative estimate of drug-likeness (QED) is 0.899. The summed E-state index contributed by atoms with van der Waals surface area (Å²) in [6.07, 6.45) is 5.65. The Morgan fingerprint density at radius 3 is 2.64 bits per heavy atom. The molecule has 0 bridgehead atoms. The molecule has 134 valence electrons. The van der Waals surface area contributed by atoms with Gasteiger partial charge >= 0.3 is 0 Å². The first kappa shape index (κ1) is 17.9. The normalized spacial score (nSPS) is 20.7. The molecular weight excluding hydrogens is 334 g/mol. The second-order valence-electron chi connectivity index (χ2n) is 7.11. The van der Waals surface area contributed by atoms with Gasteiger partial charge in [-0.2, -0.15) is 5.26 Å². The summed E-state index contributed by atoms with van der Waals surface area (Å²) in [4.78, 5) is 27.1. The van der Waals surface area contributed by atoms with Crippen LogP contribution in [0.4, 0.5) is 5.00 Å². The highest BCUT2D eigenvalue weighted by atomic mass is 32.1. The van der Waals surface area contributed by atoms with Crippen LogP contribution in [0.5, 0.6) is 0 Å². The molecule has 0 saturated carbocycles. The Labute approximate surface area is 153 Å². The van der Waals surface area contributed by atoms with Crippen LogP contribution >= 0.6 is 11.3 Å². The van der Waals surface area contributed by atoms with Crippen molar-refractivity contribution in [3.63, 3.8) is 0 Å². The van der Waals surface area contributed by atoms with E-state index >= 15 is 0 Å². The highest BCUT2D eigenvalue weighted by Gasteiger charge is 2.29. The summed E-state index contributed by atoms with van der Waals surface area (Å²) in [7, 11) is 0. The zero-order chi connectivity index (χ0) is 18.0. The van der Waals surface area contributed by atoms with E-state index in [0.29, 0.717) is 37.4 Å². The number of amides is 2. The Morgan fingerprint density at radius 2 is 2.04 bits per heavy atom. The predicted molar refractivity (Wildman–Crippen MR) is 98.4 cm³/mol. The molecule has 2 amide bonds. The lowest BCUT2D eigenvalue weighted by atomic mass is 9.86. The van der Waals surface area contributed by atoms with Crippen molar-refractivity contribution in [3.05, 3.63) is 16.0 Å². The van der Waals surface area contributed by atoms with Crippen molar-refractivity contribution in [1.82, 2.24) is 4.90 Å². The fraction of sp³-hybridized carbons (Fsp3) is 0.632. The van der Waals surface area contributed by atoms with E-state index in [1.165, 1.54) is 4.88 Å². The van der Waals surface area contributed by atoms with Gasteiger partial charge in [0.15, 0.2) is 0 Å². The lowest BCUT2D eigenvalue weighted by Crippen LogP contribution is -2.40. The van der Waals surface area contributed by atoms with E-state index in [1.54, 1.807) is 23.2 Å². The van der Waals surface area contributed by atoms with Gasteiger partial charge < -0.3 is 10.2 Å². The van der Waals surface area contributed by atoms with Crippen molar-refractivity contribution in [2.45, 2.75) is 52.4 Å². The van der Waals surface area contributed by atoms with Gasteiger partial charge in [0.2, 0.25) is 11.8 Å². The summed E-state index contributed by atoms with van der Waals surface area (Å²) < 4.78 is 0. The number of thiophene rings is 1. The third kappa shape index (κ3) is 3.72. The molecule has 0 unspecified atom stereocenters. The van der Waals surface area contributed by atoms with Crippen molar-refractivity contribution in [2.75, 3.05) is 18.4 Å². The number of nitriles is 1. The first-order valence-corrected chi connectivity index (χ1v) is 9.96. The van der Waals surface area contributed by atoms with Crippen molar-refractivity contribution < 1.29 is 9.59 Å². The maximum absolute atomic E-state index is 12.6. The van der Waals surface area contributed by atoms with Gasteiger partial charge in [0, 0.05) is 30.8 Å². The molecule has 1 aliphatic carbocycles. The molecular formula is C19H25N3O2S. The Kier molecular flexibility index (Phi) is 5.43. The molecule has 1 aromatic rings. The number of likely N-dealkylation sites (tertiary alicyclic amines) is 1. The van der Waals surface area contributed by atoms with Crippen molar-refractivity contribution in [3.8, 4) is 6.07 Å². The van der Waals surface area contributed by atoms with Crippen LogP contribution in [0.25, 0.3) is 0 Å². The number of nitrogens with zero attached hydrogens (tertiary/aromatic N) is 2. The molecule has 1 saturated heterocycles. The smallest absolute Gasteiger partial charge is 0.228 e. The van der Waals surface area contributed by atoms with E-state index in [2.05, 4.69) is 18.3 Å². The molecule has 1 aliphatic heterocycles. The number of nitrogens with one attached hydrogen (secondary N) is 1. The van der Waals surface area contributed by atoms with Crippen LogP contribution in [0.1, 0.15) is 55.5 Å². The molecule has 25 heavy (non-hydrogen) atoms. The van der Waals surface area contributed by atoms with Gasteiger partial charge in [-0.1, -0.05) is 13.3 Å². The summed E-state index contributed by atoms with van der Waals surface area (Å²) in [6, 6.07) is 2.31. The molecule has 3 rings (SSSR count). The molecule has 6 heteroatoms. The van der Waals surface area contributed by atoms with Gasteiger partial charge in [0.25, 0.3) is 0 Å². The lowest BCUT2D eigenvalue weighted by Gasteiger charge is -2.30. The van der Waals surface area contributed by atoms with Crippen molar-refractivity contribution in [2.24, 2.45) is 11.8 Å². The molecule has 0 spiro atoms. The molecule has 1 aromatic heterocycles. The van der Waals surface area contributed by atoms with Crippen LogP contribution in [-0.4, -0.2) is 29.8 Å². The van der Waals surface area contributed by atoms with Gasteiger partial charge in [-0.05, 0) is 43.6 Å². The third-order valence-electron chi connectivity index (χ3n) is 5.60.